The lowest BCUT2D eigenvalue weighted by molar-refractivity contribution is -0.148. The Bertz CT molecular complexity index is 749. The number of ether oxygens (including phenoxy) is 3. The number of esters is 1. The molecule has 0 spiro atoms. The van der Waals surface area contributed by atoms with Crippen LogP contribution in [0.3, 0.4) is 0 Å². The first-order valence-corrected chi connectivity index (χ1v) is 7.98. The summed E-state index contributed by atoms with van der Waals surface area (Å²) in [5.41, 5.74) is 2.68. The Balaban J connectivity index is 1.88. The Hall–Kier alpha value is -2.82. The van der Waals surface area contributed by atoms with Crippen LogP contribution < -0.4 is 9.47 Å². The fourth-order valence-electron chi connectivity index (χ4n) is 2.22. The van der Waals surface area contributed by atoms with Crippen LogP contribution in [0.25, 0.3) is 0 Å². The minimum absolute atomic E-state index is 0.247. The molecule has 0 aromatic heterocycles. The van der Waals surface area contributed by atoms with E-state index in [0.717, 1.165) is 11.1 Å². The molecule has 0 radical (unpaired) electrons. The van der Waals surface area contributed by atoms with Crippen molar-refractivity contribution in [2.75, 3.05) is 13.7 Å². The molecule has 0 aliphatic carbocycles. The van der Waals surface area contributed by atoms with Crippen LogP contribution in [0.1, 0.15) is 28.4 Å². The zero-order valence-electron chi connectivity index (χ0n) is 14.9. The smallest absolute Gasteiger partial charge is 0.344 e. The highest BCUT2D eigenvalue weighted by Crippen LogP contribution is 2.17. The number of ketones is 1. The summed E-state index contributed by atoms with van der Waals surface area (Å²) in [5.74, 6) is 0.381. The number of aryl methyl sites for hydroxylation is 2. The van der Waals surface area contributed by atoms with Crippen LogP contribution >= 0.6 is 0 Å². The fraction of sp³-hybridized carbons (Fsp3) is 0.300. The molecular formula is C20H22O5. The Morgan fingerprint density at radius 1 is 0.960 bits per heavy atom. The maximum absolute atomic E-state index is 12.3. The molecule has 5 nitrogen and oxygen atoms in total. The van der Waals surface area contributed by atoms with Crippen LogP contribution in [0.2, 0.25) is 0 Å². The molecule has 2 rings (SSSR count). The zero-order chi connectivity index (χ0) is 18.4. The van der Waals surface area contributed by atoms with Gasteiger partial charge in [0.2, 0.25) is 5.78 Å². The Morgan fingerprint density at radius 3 is 2.20 bits per heavy atom. The molecule has 0 saturated carbocycles. The molecule has 2 aromatic carbocycles. The molecule has 0 heterocycles. The molecule has 25 heavy (non-hydrogen) atoms. The van der Waals surface area contributed by atoms with E-state index in [4.69, 9.17) is 14.2 Å². The number of hydrogen-bond donors (Lipinski definition) is 0. The SMILES string of the molecule is COc1ccc(C(=O)[C@H](C)OC(=O)COc2ccc(C)c(C)c2)cc1. The monoisotopic (exact) mass is 342 g/mol. The Labute approximate surface area is 147 Å². The van der Waals surface area contributed by atoms with Gasteiger partial charge in [0, 0.05) is 5.56 Å². The maximum Gasteiger partial charge on any atom is 0.344 e. The van der Waals surface area contributed by atoms with E-state index in [9.17, 15) is 9.59 Å². The normalized spacial score (nSPS) is 11.5. The molecule has 0 amide bonds. The highest BCUT2D eigenvalue weighted by molar-refractivity contribution is 6.00. The van der Waals surface area contributed by atoms with E-state index in [1.54, 1.807) is 44.4 Å². The van der Waals surface area contributed by atoms with Gasteiger partial charge in [-0.3, -0.25) is 4.79 Å². The average molecular weight is 342 g/mol. The van der Waals surface area contributed by atoms with Crippen LogP contribution in [0.5, 0.6) is 11.5 Å². The third-order valence-corrected chi connectivity index (χ3v) is 3.89. The fourth-order valence-corrected chi connectivity index (χ4v) is 2.22. The third-order valence-electron chi connectivity index (χ3n) is 3.89. The molecule has 2 aromatic rings. The molecule has 0 saturated heterocycles. The van der Waals surface area contributed by atoms with Crippen molar-refractivity contribution in [3.05, 3.63) is 59.2 Å². The molecule has 0 bridgehead atoms. The molecule has 1 atom stereocenters. The number of Topliss-reactive ketones (excluding diaryl/α,β-unsaturated/α-hetero) is 1. The van der Waals surface area contributed by atoms with E-state index in [1.807, 2.05) is 26.0 Å². The van der Waals surface area contributed by atoms with Crippen molar-refractivity contribution < 1.29 is 23.8 Å². The minimum Gasteiger partial charge on any atom is -0.497 e. The highest BCUT2D eigenvalue weighted by atomic mass is 16.6. The highest BCUT2D eigenvalue weighted by Gasteiger charge is 2.20. The number of methoxy groups -OCH3 is 1. The standard InChI is InChI=1S/C20H22O5/c1-13-5-8-18(11-14(13)2)24-12-19(21)25-15(3)20(22)16-6-9-17(23-4)10-7-16/h5-11,15H,12H2,1-4H3/t15-/m0/s1. The van der Waals surface area contributed by atoms with E-state index in [1.165, 1.54) is 0 Å². The summed E-state index contributed by atoms with van der Waals surface area (Å²) < 4.78 is 15.6. The number of hydrogen-bond acceptors (Lipinski definition) is 5. The van der Waals surface area contributed by atoms with Crippen LogP contribution in [0.4, 0.5) is 0 Å². The maximum atomic E-state index is 12.3. The van der Waals surface area contributed by atoms with E-state index in [0.29, 0.717) is 17.1 Å². The molecule has 0 aliphatic rings. The quantitative estimate of drug-likeness (QED) is 0.569. The van der Waals surface area contributed by atoms with Gasteiger partial charge in [0.1, 0.15) is 11.5 Å². The second kappa shape index (κ2) is 8.33. The number of rotatable bonds is 7. The van der Waals surface area contributed by atoms with Crippen molar-refractivity contribution in [3.63, 3.8) is 0 Å². The van der Waals surface area contributed by atoms with Gasteiger partial charge in [-0.1, -0.05) is 6.07 Å². The van der Waals surface area contributed by atoms with Crippen molar-refractivity contribution in [2.24, 2.45) is 0 Å². The van der Waals surface area contributed by atoms with Gasteiger partial charge < -0.3 is 14.2 Å². The second-order valence-electron chi connectivity index (χ2n) is 5.76. The van der Waals surface area contributed by atoms with Crippen molar-refractivity contribution >= 4 is 11.8 Å². The van der Waals surface area contributed by atoms with Gasteiger partial charge in [-0.15, -0.1) is 0 Å². The van der Waals surface area contributed by atoms with Gasteiger partial charge in [0.15, 0.2) is 12.7 Å². The van der Waals surface area contributed by atoms with Gasteiger partial charge >= 0.3 is 5.97 Å². The number of carbonyl (C=O) groups is 2. The summed E-state index contributed by atoms with van der Waals surface area (Å²) >= 11 is 0. The van der Waals surface area contributed by atoms with Gasteiger partial charge in [0.05, 0.1) is 7.11 Å². The molecule has 0 aliphatic heterocycles. The van der Waals surface area contributed by atoms with Gasteiger partial charge in [0.25, 0.3) is 0 Å². The summed E-state index contributed by atoms with van der Waals surface area (Å²) in [6, 6.07) is 12.2. The van der Waals surface area contributed by atoms with E-state index in [-0.39, 0.29) is 12.4 Å². The van der Waals surface area contributed by atoms with Crippen LogP contribution in [0, 0.1) is 13.8 Å². The zero-order valence-corrected chi connectivity index (χ0v) is 14.9. The Kier molecular flexibility index (Phi) is 6.17. The topological polar surface area (TPSA) is 61.8 Å². The summed E-state index contributed by atoms with van der Waals surface area (Å²) in [5, 5.41) is 0. The van der Waals surface area contributed by atoms with Crippen molar-refractivity contribution in [1.29, 1.82) is 0 Å². The molecule has 5 heteroatoms. The van der Waals surface area contributed by atoms with Gasteiger partial charge in [-0.05, 0) is 68.3 Å². The summed E-state index contributed by atoms with van der Waals surface area (Å²) in [6.07, 6.45) is -0.885. The van der Waals surface area contributed by atoms with E-state index in [2.05, 4.69) is 0 Å². The molecule has 132 valence electrons. The molecule has 0 fully saturated rings. The largest absolute Gasteiger partial charge is 0.497 e. The number of carbonyl (C=O) groups excluding carboxylic acids is 2. The minimum atomic E-state index is -0.885. The lowest BCUT2D eigenvalue weighted by atomic mass is 10.1. The first kappa shape index (κ1) is 18.5. The van der Waals surface area contributed by atoms with Gasteiger partial charge in [-0.2, -0.15) is 0 Å². The predicted octanol–water partition coefficient (Wildman–Crippen LogP) is 3.51. The predicted molar refractivity (Wildman–Crippen MR) is 94.3 cm³/mol. The molecule has 0 unspecified atom stereocenters. The van der Waals surface area contributed by atoms with Gasteiger partial charge in [-0.25, -0.2) is 4.79 Å². The van der Waals surface area contributed by atoms with E-state index >= 15 is 0 Å². The van der Waals surface area contributed by atoms with Crippen LogP contribution in [0.15, 0.2) is 42.5 Å². The van der Waals surface area contributed by atoms with Crippen molar-refractivity contribution in [2.45, 2.75) is 26.9 Å². The van der Waals surface area contributed by atoms with E-state index < -0.39 is 12.1 Å². The Morgan fingerprint density at radius 2 is 1.60 bits per heavy atom. The first-order chi connectivity index (χ1) is 11.9. The second-order valence-corrected chi connectivity index (χ2v) is 5.76. The van der Waals surface area contributed by atoms with Crippen LogP contribution in [-0.2, 0) is 9.53 Å². The van der Waals surface area contributed by atoms with Crippen molar-refractivity contribution in [3.8, 4) is 11.5 Å². The lowest BCUT2D eigenvalue weighted by Gasteiger charge is -2.13. The molecular weight excluding hydrogens is 320 g/mol. The number of benzene rings is 2. The summed E-state index contributed by atoms with van der Waals surface area (Å²) in [4.78, 5) is 24.2. The molecule has 0 N–H and O–H groups in total. The third kappa shape index (κ3) is 5.08. The summed E-state index contributed by atoms with van der Waals surface area (Å²) in [7, 11) is 1.55. The van der Waals surface area contributed by atoms with Crippen molar-refractivity contribution in [1.82, 2.24) is 0 Å². The summed E-state index contributed by atoms with van der Waals surface area (Å²) in [6.45, 7) is 5.26. The van der Waals surface area contributed by atoms with Crippen LogP contribution in [-0.4, -0.2) is 31.6 Å². The average Bonchev–Trinajstić information content (AvgIpc) is 2.62. The lowest BCUT2D eigenvalue weighted by Crippen LogP contribution is -2.27. The first-order valence-electron chi connectivity index (χ1n) is 7.98.